The summed E-state index contributed by atoms with van der Waals surface area (Å²) in [6, 6.07) is 0. The van der Waals surface area contributed by atoms with E-state index < -0.39 is 0 Å². The molecule has 21 heavy (non-hydrogen) atoms. The van der Waals surface area contributed by atoms with Crippen LogP contribution in [0, 0.1) is 17.3 Å². The molecular weight excluding hydrogens is 254 g/mol. The first-order chi connectivity index (χ1) is 10.0. The van der Waals surface area contributed by atoms with E-state index in [2.05, 4.69) is 46.9 Å². The van der Waals surface area contributed by atoms with Crippen LogP contribution in [-0.4, -0.2) is 13.1 Å². The van der Waals surface area contributed by atoms with Crippen molar-refractivity contribution >= 4 is 0 Å². The second-order valence-electron chi connectivity index (χ2n) is 7.60. The topological polar surface area (TPSA) is 12.0 Å². The van der Waals surface area contributed by atoms with Crippen molar-refractivity contribution in [1.82, 2.24) is 5.32 Å². The quantitative estimate of drug-likeness (QED) is 0.390. The summed E-state index contributed by atoms with van der Waals surface area (Å²) in [6.07, 6.45) is 12.4. The zero-order valence-corrected chi connectivity index (χ0v) is 15.9. The molecule has 0 saturated carbocycles. The van der Waals surface area contributed by atoms with Gasteiger partial charge < -0.3 is 5.32 Å². The number of nitrogens with one attached hydrogen (secondary N) is 1. The van der Waals surface area contributed by atoms with E-state index in [0.29, 0.717) is 5.41 Å². The molecule has 0 aromatic heterocycles. The minimum Gasteiger partial charge on any atom is -0.316 e. The normalized spacial score (nSPS) is 16.1. The van der Waals surface area contributed by atoms with E-state index in [-0.39, 0.29) is 0 Å². The van der Waals surface area contributed by atoms with Crippen molar-refractivity contribution in [2.75, 3.05) is 13.1 Å². The van der Waals surface area contributed by atoms with Crippen molar-refractivity contribution in [3.05, 3.63) is 0 Å². The number of unbranched alkanes of at least 4 members (excludes halogenated alkanes) is 2. The summed E-state index contributed by atoms with van der Waals surface area (Å²) < 4.78 is 0. The first-order valence-corrected chi connectivity index (χ1v) is 9.74. The molecule has 0 aromatic carbocycles. The van der Waals surface area contributed by atoms with Gasteiger partial charge in [0.05, 0.1) is 0 Å². The lowest BCUT2D eigenvalue weighted by Crippen LogP contribution is -2.37. The zero-order chi connectivity index (χ0) is 16.1. The van der Waals surface area contributed by atoms with Crippen molar-refractivity contribution < 1.29 is 0 Å². The SMILES string of the molecule is CCCCC(CC)CC(CC)(CCCC)CNCC(C)C. The summed E-state index contributed by atoms with van der Waals surface area (Å²) in [7, 11) is 0. The Morgan fingerprint density at radius 2 is 1.62 bits per heavy atom. The minimum atomic E-state index is 0.541. The summed E-state index contributed by atoms with van der Waals surface area (Å²) >= 11 is 0. The van der Waals surface area contributed by atoms with Gasteiger partial charge in [-0.15, -0.1) is 0 Å². The van der Waals surface area contributed by atoms with Gasteiger partial charge in [-0.3, -0.25) is 0 Å². The van der Waals surface area contributed by atoms with Gasteiger partial charge in [0.25, 0.3) is 0 Å². The zero-order valence-electron chi connectivity index (χ0n) is 15.9. The van der Waals surface area contributed by atoms with Gasteiger partial charge in [-0.25, -0.2) is 0 Å². The average Bonchev–Trinajstić information content (AvgIpc) is 2.48. The van der Waals surface area contributed by atoms with Gasteiger partial charge in [-0.05, 0) is 43.1 Å². The van der Waals surface area contributed by atoms with Crippen LogP contribution < -0.4 is 5.32 Å². The lowest BCUT2D eigenvalue weighted by Gasteiger charge is -2.37. The van der Waals surface area contributed by atoms with Crippen molar-refractivity contribution in [2.24, 2.45) is 17.3 Å². The van der Waals surface area contributed by atoms with E-state index in [1.54, 1.807) is 0 Å². The van der Waals surface area contributed by atoms with Crippen LogP contribution >= 0.6 is 0 Å². The lowest BCUT2D eigenvalue weighted by atomic mass is 9.71. The van der Waals surface area contributed by atoms with Crippen LogP contribution in [-0.2, 0) is 0 Å². The fourth-order valence-corrected chi connectivity index (χ4v) is 3.44. The largest absolute Gasteiger partial charge is 0.316 e. The molecule has 0 radical (unpaired) electrons. The first-order valence-electron chi connectivity index (χ1n) is 9.74. The minimum absolute atomic E-state index is 0.541. The van der Waals surface area contributed by atoms with Gasteiger partial charge in [-0.2, -0.15) is 0 Å². The van der Waals surface area contributed by atoms with Crippen LogP contribution in [0.2, 0.25) is 0 Å². The van der Waals surface area contributed by atoms with Crippen molar-refractivity contribution in [3.63, 3.8) is 0 Å². The van der Waals surface area contributed by atoms with Gasteiger partial charge >= 0.3 is 0 Å². The van der Waals surface area contributed by atoms with Crippen LogP contribution in [0.15, 0.2) is 0 Å². The molecule has 0 heterocycles. The van der Waals surface area contributed by atoms with E-state index in [0.717, 1.165) is 11.8 Å². The molecule has 1 nitrogen and oxygen atoms in total. The first kappa shape index (κ1) is 21.0. The van der Waals surface area contributed by atoms with Gasteiger partial charge in [0.1, 0.15) is 0 Å². The third kappa shape index (κ3) is 9.55. The van der Waals surface area contributed by atoms with E-state index in [1.165, 1.54) is 70.9 Å². The molecule has 0 aliphatic rings. The Labute approximate surface area is 135 Å². The smallest absolute Gasteiger partial charge is 0.000792 e. The second kappa shape index (κ2) is 12.5. The van der Waals surface area contributed by atoms with Crippen molar-refractivity contribution in [1.29, 1.82) is 0 Å². The average molecular weight is 298 g/mol. The van der Waals surface area contributed by atoms with Crippen LogP contribution in [0.4, 0.5) is 0 Å². The molecular formula is C20H43N. The highest BCUT2D eigenvalue weighted by molar-refractivity contribution is 4.83. The Morgan fingerprint density at radius 3 is 2.10 bits per heavy atom. The van der Waals surface area contributed by atoms with E-state index in [1.807, 2.05) is 0 Å². The Hall–Kier alpha value is -0.0400. The van der Waals surface area contributed by atoms with E-state index >= 15 is 0 Å². The maximum atomic E-state index is 3.77. The molecule has 0 saturated heterocycles. The summed E-state index contributed by atoms with van der Waals surface area (Å²) in [5.74, 6) is 1.69. The van der Waals surface area contributed by atoms with Crippen molar-refractivity contribution in [3.8, 4) is 0 Å². The lowest BCUT2D eigenvalue weighted by molar-refractivity contribution is 0.164. The summed E-state index contributed by atoms with van der Waals surface area (Å²) in [6.45, 7) is 16.5. The molecule has 2 atom stereocenters. The number of rotatable bonds is 14. The highest BCUT2D eigenvalue weighted by atomic mass is 14.9. The Balaban J connectivity index is 4.64. The predicted octanol–water partition coefficient (Wildman–Crippen LogP) is 6.43. The molecule has 2 unspecified atom stereocenters. The summed E-state index contributed by atoms with van der Waals surface area (Å²) in [5, 5.41) is 3.77. The second-order valence-corrected chi connectivity index (χ2v) is 7.60. The number of hydrogen-bond acceptors (Lipinski definition) is 1. The number of hydrogen-bond donors (Lipinski definition) is 1. The van der Waals surface area contributed by atoms with Crippen LogP contribution in [0.3, 0.4) is 0 Å². The molecule has 0 fully saturated rings. The third-order valence-electron chi connectivity index (χ3n) is 5.13. The maximum absolute atomic E-state index is 3.77. The Morgan fingerprint density at radius 1 is 0.952 bits per heavy atom. The van der Waals surface area contributed by atoms with Gasteiger partial charge in [0, 0.05) is 6.54 Å². The molecule has 1 N–H and O–H groups in total. The highest BCUT2D eigenvalue weighted by Gasteiger charge is 2.29. The van der Waals surface area contributed by atoms with Crippen LogP contribution in [0.1, 0.15) is 99.3 Å². The monoisotopic (exact) mass is 297 g/mol. The highest BCUT2D eigenvalue weighted by Crippen LogP contribution is 2.38. The Bertz CT molecular complexity index is 224. The van der Waals surface area contributed by atoms with Crippen LogP contribution in [0.5, 0.6) is 0 Å². The van der Waals surface area contributed by atoms with E-state index in [4.69, 9.17) is 0 Å². The van der Waals surface area contributed by atoms with Gasteiger partial charge in [0.2, 0.25) is 0 Å². The van der Waals surface area contributed by atoms with Crippen molar-refractivity contribution in [2.45, 2.75) is 99.3 Å². The predicted molar refractivity (Wildman–Crippen MR) is 97.9 cm³/mol. The fourth-order valence-electron chi connectivity index (χ4n) is 3.44. The molecule has 0 bridgehead atoms. The van der Waals surface area contributed by atoms with Gasteiger partial charge in [-0.1, -0.05) is 80.1 Å². The fraction of sp³-hybridized carbons (Fsp3) is 1.00. The maximum Gasteiger partial charge on any atom is 0.000792 e. The summed E-state index contributed by atoms with van der Waals surface area (Å²) in [5.41, 5.74) is 0.541. The van der Waals surface area contributed by atoms with E-state index in [9.17, 15) is 0 Å². The molecule has 128 valence electrons. The summed E-state index contributed by atoms with van der Waals surface area (Å²) in [4.78, 5) is 0. The molecule has 0 aromatic rings. The molecule has 1 heteroatoms. The molecule has 0 rings (SSSR count). The standard InChI is InChI=1S/C20H43N/c1-7-11-13-19(9-3)15-20(10-4,14-12-8-2)17-21-16-18(5)6/h18-19,21H,7-17H2,1-6H3. The third-order valence-corrected chi connectivity index (χ3v) is 5.13. The van der Waals surface area contributed by atoms with Gasteiger partial charge in [0.15, 0.2) is 0 Å². The Kier molecular flexibility index (Phi) is 12.5. The molecule has 0 aliphatic carbocycles. The molecule has 0 spiro atoms. The molecule has 0 amide bonds. The molecule has 0 aliphatic heterocycles. The van der Waals surface area contributed by atoms with Crippen LogP contribution in [0.25, 0.3) is 0 Å².